The number of ether oxygens (including phenoxy) is 1. The SMILES string of the molecule is COc1ccc(S(=O)(=O)CCOS(=O)(=O)O)cc1N=Nc1ccc(NN=c2c(=O)cc(C(=O)O)c(=NNC3C=CC(S(=O)(=O)CCOS(=O)(=O)O)=C3)c2=O)cc1NC(C)=O. The Bertz CT molecular complexity index is 3000. The molecule has 322 valence electrons. The molecule has 25 nitrogen and oxygen atoms in total. The van der Waals surface area contributed by atoms with Gasteiger partial charge in [0.1, 0.15) is 22.5 Å². The van der Waals surface area contributed by atoms with E-state index in [1.165, 1.54) is 37.5 Å². The lowest BCUT2D eigenvalue weighted by molar-refractivity contribution is -0.114. The van der Waals surface area contributed by atoms with Crippen LogP contribution in [0.4, 0.5) is 22.7 Å². The maximum absolute atomic E-state index is 13.4. The van der Waals surface area contributed by atoms with Gasteiger partial charge >= 0.3 is 26.8 Å². The van der Waals surface area contributed by atoms with Crippen LogP contribution < -0.4 is 42.5 Å². The van der Waals surface area contributed by atoms with Crippen molar-refractivity contribution in [3.8, 4) is 5.75 Å². The van der Waals surface area contributed by atoms with E-state index in [-0.39, 0.29) is 38.3 Å². The number of hydrogen-bond donors (Lipinski definition) is 6. The summed E-state index contributed by atoms with van der Waals surface area (Å²) in [6, 6.07) is 6.83. The lowest BCUT2D eigenvalue weighted by Crippen LogP contribution is -2.51. The Morgan fingerprint density at radius 3 is 2.03 bits per heavy atom. The van der Waals surface area contributed by atoms with E-state index in [9.17, 15) is 58.0 Å². The molecule has 1 amide bonds. The molecule has 4 rings (SSSR count). The van der Waals surface area contributed by atoms with Gasteiger partial charge in [0, 0.05) is 13.0 Å². The van der Waals surface area contributed by atoms with Gasteiger partial charge in [-0.25, -0.2) is 30.0 Å². The first kappa shape index (κ1) is 46.6. The number of aromatic carboxylic acids is 1. The molecule has 0 bridgehead atoms. The molecule has 1 aliphatic rings. The molecule has 3 aromatic rings. The van der Waals surface area contributed by atoms with E-state index in [4.69, 9.17) is 13.8 Å². The van der Waals surface area contributed by atoms with Crippen LogP contribution in [0.25, 0.3) is 0 Å². The summed E-state index contributed by atoms with van der Waals surface area (Å²) >= 11 is 0. The number of carbonyl (C=O) groups excluding carboxylic acids is 1. The van der Waals surface area contributed by atoms with Crippen molar-refractivity contribution in [3.63, 3.8) is 0 Å². The van der Waals surface area contributed by atoms with E-state index in [0.717, 1.165) is 31.2 Å². The maximum atomic E-state index is 13.4. The topological polar surface area (TPSA) is 379 Å². The number of allylic oxidation sites excluding steroid dienone is 1. The summed E-state index contributed by atoms with van der Waals surface area (Å²) in [4.78, 5) is 49.5. The van der Waals surface area contributed by atoms with Crippen molar-refractivity contribution in [3.05, 3.63) is 102 Å². The van der Waals surface area contributed by atoms with Gasteiger partial charge in [0.25, 0.3) is 0 Å². The van der Waals surface area contributed by atoms with Crippen molar-refractivity contribution in [2.45, 2.75) is 17.9 Å². The van der Waals surface area contributed by atoms with Crippen LogP contribution in [0.5, 0.6) is 5.75 Å². The summed E-state index contributed by atoms with van der Waals surface area (Å²) in [6.45, 7) is -0.623. The van der Waals surface area contributed by atoms with Crippen LogP contribution in [0.3, 0.4) is 0 Å². The number of amides is 1. The van der Waals surface area contributed by atoms with Crippen molar-refractivity contribution in [1.82, 2.24) is 5.43 Å². The van der Waals surface area contributed by atoms with E-state index in [1.54, 1.807) is 0 Å². The number of benzene rings is 3. The standard InChI is InChI=1S/C31H31N7O18S4/c1-17(39)32-24-14-19(4-7-23(24)35-36-25-15-21(6-8-27(25)54-2)58(46,47)12-10-56-60(51,52)53)34-38-29-26(40)16-22(31(42)43)28(30(29)41)37-33-18-3-5-20(13-18)57(44,45)11-9-55-59(48,49)50/h3-8,13-16,18,33-34H,9-12H2,1-2H3,(H,32,39)(H,42,43)(H,48,49,50)(H,51,52,53). The van der Waals surface area contributed by atoms with Gasteiger partial charge in [-0.3, -0.25) is 34.3 Å². The number of anilines is 2. The van der Waals surface area contributed by atoms with Crippen LogP contribution in [-0.2, 0) is 53.6 Å². The summed E-state index contributed by atoms with van der Waals surface area (Å²) in [6.07, 6.45) is 3.46. The Morgan fingerprint density at radius 2 is 1.43 bits per heavy atom. The number of nitrogens with zero attached hydrogens (tertiary/aromatic N) is 4. The highest BCUT2D eigenvalue weighted by Gasteiger charge is 2.23. The number of carboxylic acid groups (broad SMARTS) is 1. The highest BCUT2D eigenvalue weighted by atomic mass is 32.3. The lowest BCUT2D eigenvalue weighted by atomic mass is 10.2. The lowest BCUT2D eigenvalue weighted by Gasteiger charge is -2.10. The molecule has 3 aromatic carbocycles. The van der Waals surface area contributed by atoms with Gasteiger partial charge in [-0.05, 0) is 48.6 Å². The molecule has 0 saturated heterocycles. The molecular formula is C31H31N7O18S4. The summed E-state index contributed by atoms with van der Waals surface area (Å²) in [5.41, 5.74) is 1.47. The molecular weight excluding hydrogens is 887 g/mol. The molecule has 29 heteroatoms. The van der Waals surface area contributed by atoms with E-state index in [0.29, 0.717) is 6.07 Å². The molecule has 0 aliphatic heterocycles. The molecule has 0 fully saturated rings. The zero-order valence-electron chi connectivity index (χ0n) is 30.6. The molecule has 0 aromatic heterocycles. The van der Waals surface area contributed by atoms with Crippen LogP contribution in [0.2, 0.25) is 0 Å². The zero-order valence-corrected chi connectivity index (χ0v) is 33.8. The van der Waals surface area contributed by atoms with Crippen molar-refractivity contribution in [2.75, 3.05) is 42.6 Å². The van der Waals surface area contributed by atoms with Crippen molar-refractivity contribution >= 4 is 75.1 Å². The summed E-state index contributed by atoms with van der Waals surface area (Å²) in [5.74, 6) is -3.93. The van der Waals surface area contributed by atoms with Gasteiger partial charge in [0.2, 0.25) is 16.8 Å². The van der Waals surface area contributed by atoms with Crippen LogP contribution in [-0.4, -0.2) is 97.6 Å². The van der Waals surface area contributed by atoms with Crippen molar-refractivity contribution in [2.24, 2.45) is 20.4 Å². The Hall–Kier alpha value is -6.08. The number of nitrogens with one attached hydrogen (secondary N) is 3. The minimum Gasteiger partial charge on any atom is -0.494 e. The first-order valence-corrected chi connectivity index (χ1v) is 22.2. The third-order valence-electron chi connectivity index (χ3n) is 7.47. The quantitative estimate of drug-likeness (QED) is 0.0494. The largest absolute Gasteiger partial charge is 0.494 e. The third-order valence-corrected chi connectivity index (χ3v) is 11.8. The first-order chi connectivity index (χ1) is 27.9. The summed E-state index contributed by atoms with van der Waals surface area (Å²) in [5, 5.41) is 26.2. The highest BCUT2D eigenvalue weighted by Crippen LogP contribution is 2.35. The Balaban J connectivity index is 1.63. The number of azo groups is 1. The van der Waals surface area contributed by atoms with Crippen molar-refractivity contribution < 1.29 is 70.6 Å². The number of carbonyl (C=O) groups is 2. The number of sulfone groups is 2. The van der Waals surface area contributed by atoms with E-state index in [2.05, 4.69) is 45.0 Å². The Labute approximate surface area is 338 Å². The number of carboxylic acids is 1. The molecule has 0 spiro atoms. The smallest absolute Gasteiger partial charge is 0.397 e. The van der Waals surface area contributed by atoms with Gasteiger partial charge < -0.3 is 15.2 Å². The molecule has 0 heterocycles. The Morgan fingerprint density at radius 1 is 0.800 bits per heavy atom. The summed E-state index contributed by atoms with van der Waals surface area (Å²) < 4.78 is 124. The zero-order chi connectivity index (χ0) is 44.6. The second kappa shape index (κ2) is 18.9. The van der Waals surface area contributed by atoms with E-state index >= 15 is 0 Å². The minimum atomic E-state index is -4.89. The first-order valence-electron chi connectivity index (χ1n) is 16.2. The van der Waals surface area contributed by atoms with E-state index < -0.39 is 110 Å². The van der Waals surface area contributed by atoms with Crippen LogP contribution in [0, 0.1) is 0 Å². The fraction of sp³-hybridized carbons (Fsp3) is 0.226. The molecule has 1 aliphatic carbocycles. The van der Waals surface area contributed by atoms with Crippen LogP contribution >= 0.6 is 0 Å². The average Bonchev–Trinajstić information content (AvgIpc) is 3.62. The monoisotopic (exact) mass is 917 g/mol. The highest BCUT2D eigenvalue weighted by molar-refractivity contribution is 7.95. The normalized spacial score (nSPS) is 15.3. The molecule has 1 atom stereocenters. The van der Waals surface area contributed by atoms with Crippen LogP contribution in [0.1, 0.15) is 17.3 Å². The molecule has 60 heavy (non-hydrogen) atoms. The number of rotatable bonds is 19. The van der Waals surface area contributed by atoms with E-state index in [1.807, 2.05) is 0 Å². The molecule has 0 saturated carbocycles. The second-order valence-electron chi connectivity index (χ2n) is 11.8. The van der Waals surface area contributed by atoms with Gasteiger partial charge in [-0.15, -0.1) is 10.2 Å². The third kappa shape index (κ3) is 13.0. The molecule has 6 N–H and O–H groups in total. The van der Waals surface area contributed by atoms with Gasteiger partial charge in [0.15, 0.2) is 25.0 Å². The fourth-order valence-electron chi connectivity index (χ4n) is 4.79. The average molecular weight is 918 g/mol. The van der Waals surface area contributed by atoms with Gasteiger partial charge in [0.05, 0.1) is 64.6 Å². The van der Waals surface area contributed by atoms with Gasteiger partial charge in [-0.1, -0.05) is 6.08 Å². The summed E-state index contributed by atoms with van der Waals surface area (Å²) in [7, 11) is -16.8. The van der Waals surface area contributed by atoms with Gasteiger partial charge in [-0.2, -0.15) is 27.0 Å². The molecule has 0 radical (unpaired) electrons. The van der Waals surface area contributed by atoms with Crippen LogP contribution in [0.15, 0.2) is 101 Å². The minimum absolute atomic E-state index is 0.0166. The Kier molecular flexibility index (Phi) is 14.7. The second-order valence-corrected chi connectivity index (χ2v) is 18.2. The fourth-order valence-corrected chi connectivity index (χ4v) is 7.88. The predicted molar refractivity (Wildman–Crippen MR) is 206 cm³/mol. The van der Waals surface area contributed by atoms with Crippen molar-refractivity contribution in [1.29, 1.82) is 0 Å². The predicted octanol–water partition coefficient (Wildman–Crippen LogP) is -0.654. The molecule has 1 unspecified atom stereocenters. The number of methoxy groups -OCH3 is 1. The maximum Gasteiger partial charge on any atom is 0.397 e. The number of hydrogen-bond acceptors (Lipinski definition) is 21.